The minimum atomic E-state index is -0.886. The van der Waals surface area contributed by atoms with Crippen molar-refractivity contribution in [1.82, 2.24) is 0 Å². The van der Waals surface area contributed by atoms with Gasteiger partial charge < -0.3 is 0 Å². The van der Waals surface area contributed by atoms with E-state index < -0.39 is 18.0 Å². The van der Waals surface area contributed by atoms with E-state index in [1.807, 2.05) is 0 Å². The fourth-order valence-electron chi connectivity index (χ4n) is 1.98. The summed E-state index contributed by atoms with van der Waals surface area (Å²) >= 11 is 0. The number of aliphatic carboxylic acids is 1. The minimum absolute atomic E-state index is 0.0149. The zero-order valence-electron chi connectivity index (χ0n) is 11.1. The van der Waals surface area contributed by atoms with Crippen LogP contribution in [0, 0.1) is 0 Å². The van der Waals surface area contributed by atoms with E-state index in [9.17, 15) is 9.59 Å². The molecule has 0 aromatic carbocycles. The van der Waals surface area contributed by atoms with Gasteiger partial charge in [0.2, 0.25) is 0 Å². The Kier molecular flexibility index (Phi) is 5.95. The molecule has 0 aromatic rings. The molecule has 0 heterocycles. The Labute approximate surface area is 113 Å². The van der Waals surface area contributed by atoms with Crippen molar-refractivity contribution < 1.29 is 19.4 Å². The molecule has 3 N–H and O–H groups in total. The Morgan fingerprint density at radius 1 is 1.58 bits per heavy atom. The van der Waals surface area contributed by atoms with E-state index in [1.54, 1.807) is 0 Å². The number of hydrogen-bond acceptors (Lipinski definition) is 4. The standard InChI is InChI=1S/C13H20BNO4/c1-8-7-9(5-6-10(8)14)19-13(18)11(15)3-2-4-12(16)17/h9,11,14H,1-7,15H2,(H,16,17). The van der Waals surface area contributed by atoms with Crippen molar-refractivity contribution in [1.29, 1.82) is 0 Å². The molecule has 0 amide bonds. The van der Waals surface area contributed by atoms with Gasteiger partial charge in [-0.3, -0.25) is 0 Å². The third-order valence-corrected chi connectivity index (χ3v) is 3.23. The van der Waals surface area contributed by atoms with Crippen LogP contribution in [0.1, 0.15) is 38.5 Å². The van der Waals surface area contributed by atoms with Crippen LogP contribution in [0.4, 0.5) is 0 Å². The maximum atomic E-state index is 11.7. The van der Waals surface area contributed by atoms with Crippen LogP contribution < -0.4 is 5.73 Å². The average molecular weight is 265 g/mol. The molecule has 0 aliphatic heterocycles. The molecule has 1 aliphatic carbocycles. The normalized spacial score (nSPS) is 20.9. The molecule has 1 aliphatic rings. The van der Waals surface area contributed by atoms with Gasteiger partial charge in [0.15, 0.2) is 0 Å². The molecule has 6 heteroatoms. The van der Waals surface area contributed by atoms with E-state index in [4.69, 9.17) is 15.6 Å². The molecule has 2 atom stereocenters. The van der Waals surface area contributed by atoms with Gasteiger partial charge in [0.1, 0.15) is 0 Å². The molecule has 2 unspecified atom stereocenters. The van der Waals surface area contributed by atoms with E-state index in [-0.39, 0.29) is 12.5 Å². The van der Waals surface area contributed by atoms with Crippen LogP contribution >= 0.6 is 0 Å². The number of rotatable bonds is 6. The van der Waals surface area contributed by atoms with Crippen molar-refractivity contribution in [2.45, 2.75) is 50.7 Å². The van der Waals surface area contributed by atoms with Gasteiger partial charge in [-0.15, -0.1) is 0 Å². The van der Waals surface area contributed by atoms with E-state index in [1.165, 1.54) is 0 Å². The zero-order chi connectivity index (χ0) is 14.4. The average Bonchev–Trinajstić information content (AvgIpc) is 2.33. The second-order valence-electron chi connectivity index (χ2n) is 4.90. The molecule has 0 bridgehead atoms. The summed E-state index contributed by atoms with van der Waals surface area (Å²) in [5, 5.41) is 8.51. The van der Waals surface area contributed by atoms with Crippen molar-refractivity contribution in [2.24, 2.45) is 5.73 Å². The summed E-state index contributed by atoms with van der Waals surface area (Å²) in [6, 6.07) is -0.752. The van der Waals surface area contributed by atoms with E-state index >= 15 is 0 Å². The zero-order valence-corrected chi connectivity index (χ0v) is 11.1. The van der Waals surface area contributed by atoms with Crippen molar-refractivity contribution in [2.75, 3.05) is 0 Å². The fraction of sp³-hybridized carbons (Fsp3) is 0.615. The molecular weight excluding hydrogens is 245 g/mol. The number of nitrogens with two attached hydrogens (primary N) is 1. The summed E-state index contributed by atoms with van der Waals surface area (Å²) in [5.74, 6) is -1.35. The Morgan fingerprint density at radius 3 is 2.84 bits per heavy atom. The van der Waals surface area contributed by atoms with E-state index in [0.717, 1.165) is 23.9 Å². The van der Waals surface area contributed by atoms with Crippen LogP contribution in [-0.2, 0) is 14.3 Å². The summed E-state index contributed by atoms with van der Waals surface area (Å²) < 4.78 is 5.32. The van der Waals surface area contributed by atoms with Gasteiger partial charge in [0.05, 0.1) is 0 Å². The molecule has 19 heavy (non-hydrogen) atoms. The van der Waals surface area contributed by atoms with Crippen molar-refractivity contribution in [3.8, 4) is 0 Å². The molecular formula is C13H20BNO4. The topological polar surface area (TPSA) is 89.6 Å². The number of carboxylic acids is 1. The van der Waals surface area contributed by atoms with Gasteiger partial charge in [-0.25, -0.2) is 0 Å². The van der Waals surface area contributed by atoms with Crippen LogP contribution in [0.3, 0.4) is 0 Å². The van der Waals surface area contributed by atoms with Gasteiger partial charge >= 0.3 is 113 Å². The Balaban J connectivity index is 2.31. The second kappa shape index (κ2) is 7.23. The number of carbonyl (C=O) groups is 2. The first kappa shape index (κ1) is 15.6. The molecule has 0 aromatic heterocycles. The van der Waals surface area contributed by atoms with Crippen LogP contribution in [0.15, 0.2) is 12.2 Å². The summed E-state index contributed by atoms with van der Waals surface area (Å²) in [7, 11) is 3.88. The first-order chi connectivity index (χ1) is 8.90. The fourth-order valence-corrected chi connectivity index (χ4v) is 1.98. The number of esters is 1. The van der Waals surface area contributed by atoms with E-state index in [2.05, 4.69) is 14.1 Å². The van der Waals surface area contributed by atoms with Gasteiger partial charge in [-0.1, -0.05) is 0 Å². The Bertz CT molecular complexity index is 394. The Morgan fingerprint density at radius 2 is 2.26 bits per heavy atom. The summed E-state index contributed by atoms with van der Waals surface area (Å²) in [6.45, 7) is 3.88. The molecule has 5 nitrogen and oxygen atoms in total. The van der Waals surface area contributed by atoms with Crippen molar-refractivity contribution in [3.05, 3.63) is 12.2 Å². The number of hydrogen-bond donors (Lipinski definition) is 2. The third-order valence-electron chi connectivity index (χ3n) is 3.23. The molecule has 1 saturated carbocycles. The van der Waals surface area contributed by atoms with Crippen LogP contribution in [0.5, 0.6) is 0 Å². The molecule has 104 valence electrons. The van der Waals surface area contributed by atoms with Crippen molar-refractivity contribution >= 4 is 24.9 Å². The summed E-state index contributed by atoms with van der Waals surface area (Å²) in [6.07, 6.45) is 2.66. The first-order valence-corrected chi connectivity index (χ1v) is 6.44. The number of carboxylic acid groups (broad SMARTS) is 1. The van der Waals surface area contributed by atoms with Gasteiger partial charge in [-0.05, 0) is 0 Å². The molecule has 1 rings (SSSR count). The predicted molar refractivity (Wildman–Crippen MR) is 74.5 cm³/mol. The van der Waals surface area contributed by atoms with Crippen LogP contribution in [0.2, 0.25) is 0 Å². The predicted octanol–water partition coefficient (Wildman–Crippen LogP) is 0.294. The first-order valence-electron chi connectivity index (χ1n) is 6.44. The molecule has 0 saturated heterocycles. The van der Waals surface area contributed by atoms with Crippen molar-refractivity contribution in [3.63, 3.8) is 0 Å². The third kappa shape index (κ3) is 5.38. The summed E-state index contributed by atoms with van der Waals surface area (Å²) in [5.41, 5.74) is 7.61. The quantitative estimate of drug-likeness (QED) is 0.532. The van der Waals surface area contributed by atoms with Crippen LogP contribution in [-0.4, -0.2) is 42.1 Å². The Hall–Kier alpha value is -1.43. The van der Waals surface area contributed by atoms with Gasteiger partial charge in [0, 0.05) is 0 Å². The maximum absolute atomic E-state index is 11.7. The summed E-state index contributed by atoms with van der Waals surface area (Å²) in [4.78, 5) is 22.1. The van der Waals surface area contributed by atoms with E-state index in [0.29, 0.717) is 19.3 Å². The number of ether oxygens (including phenoxy) is 1. The number of carbonyl (C=O) groups excluding carboxylic acids is 1. The molecule has 0 radical (unpaired) electrons. The monoisotopic (exact) mass is 265 g/mol. The SMILES string of the molecule is B=C1CCC(OC(=O)C(N)CCCC(=O)O)CC1=C. The van der Waals surface area contributed by atoms with Crippen LogP contribution in [0.25, 0.3) is 0 Å². The molecule has 1 fully saturated rings. The second-order valence-corrected chi connectivity index (χ2v) is 4.90. The molecule has 0 spiro atoms. The van der Waals surface area contributed by atoms with Gasteiger partial charge in [-0.2, -0.15) is 0 Å². The van der Waals surface area contributed by atoms with Gasteiger partial charge in [0.25, 0.3) is 0 Å².